The van der Waals surface area contributed by atoms with E-state index in [0.717, 1.165) is 5.56 Å². The third kappa shape index (κ3) is 3.95. The van der Waals surface area contributed by atoms with Gasteiger partial charge in [-0.3, -0.25) is 0 Å². The van der Waals surface area contributed by atoms with Crippen LogP contribution in [0.5, 0.6) is 5.88 Å². The highest BCUT2D eigenvalue weighted by Crippen LogP contribution is 2.06. The second-order valence-electron chi connectivity index (χ2n) is 2.80. The minimum Gasteiger partial charge on any atom is -0.466 e. The van der Waals surface area contributed by atoms with Gasteiger partial charge in [0.05, 0.1) is 6.61 Å². The van der Waals surface area contributed by atoms with Crippen molar-refractivity contribution in [3.05, 3.63) is 23.9 Å². The van der Waals surface area contributed by atoms with Crippen LogP contribution in [0, 0.1) is 0 Å². The highest BCUT2D eigenvalue weighted by molar-refractivity contribution is 5.70. The van der Waals surface area contributed by atoms with Gasteiger partial charge in [0.15, 0.2) is 6.61 Å². The van der Waals surface area contributed by atoms with E-state index in [9.17, 15) is 4.79 Å². The molecule has 0 fully saturated rings. The first-order valence-electron chi connectivity index (χ1n) is 4.69. The van der Waals surface area contributed by atoms with Crippen LogP contribution >= 0.6 is 0 Å². The molecule has 0 bridgehead atoms. The molecule has 15 heavy (non-hydrogen) atoms. The highest BCUT2D eigenvalue weighted by atomic mass is 16.6. The minimum absolute atomic E-state index is 0.122. The Morgan fingerprint density at radius 1 is 1.53 bits per heavy atom. The summed E-state index contributed by atoms with van der Waals surface area (Å²) in [6.07, 6.45) is 1.61. The number of ether oxygens (including phenoxy) is 2. The van der Waals surface area contributed by atoms with Crippen molar-refractivity contribution in [1.82, 2.24) is 4.98 Å². The first kappa shape index (κ1) is 11.5. The van der Waals surface area contributed by atoms with Crippen molar-refractivity contribution in [2.24, 2.45) is 5.73 Å². The molecule has 0 radical (unpaired) electrons. The van der Waals surface area contributed by atoms with E-state index in [1.165, 1.54) is 0 Å². The fourth-order valence-corrected chi connectivity index (χ4v) is 0.953. The second kappa shape index (κ2) is 5.98. The fourth-order valence-electron chi connectivity index (χ4n) is 0.953. The van der Waals surface area contributed by atoms with Crippen LogP contribution in [0.4, 0.5) is 0 Å². The molecule has 0 aliphatic heterocycles. The van der Waals surface area contributed by atoms with E-state index in [1.54, 1.807) is 25.3 Å². The molecule has 1 aromatic heterocycles. The Kier molecular flexibility index (Phi) is 4.56. The molecule has 5 heteroatoms. The third-order valence-electron chi connectivity index (χ3n) is 1.68. The Morgan fingerprint density at radius 3 is 2.87 bits per heavy atom. The van der Waals surface area contributed by atoms with Gasteiger partial charge in [-0.2, -0.15) is 0 Å². The molecule has 1 aromatic rings. The van der Waals surface area contributed by atoms with Gasteiger partial charge in [-0.25, -0.2) is 9.78 Å². The molecular weight excluding hydrogens is 196 g/mol. The monoisotopic (exact) mass is 210 g/mol. The highest BCUT2D eigenvalue weighted by Gasteiger charge is 2.03. The van der Waals surface area contributed by atoms with Gasteiger partial charge in [0.2, 0.25) is 5.88 Å². The van der Waals surface area contributed by atoms with Gasteiger partial charge in [-0.15, -0.1) is 0 Å². The molecule has 2 N–H and O–H groups in total. The molecule has 0 saturated heterocycles. The second-order valence-corrected chi connectivity index (χ2v) is 2.80. The van der Waals surface area contributed by atoms with Gasteiger partial charge in [0.25, 0.3) is 0 Å². The molecule has 0 unspecified atom stereocenters. The van der Waals surface area contributed by atoms with E-state index in [-0.39, 0.29) is 6.61 Å². The Bertz CT molecular complexity index is 311. The summed E-state index contributed by atoms with van der Waals surface area (Å²) in [7, 11) is 0. The van der Waals surface area contributed by atoms with Crippen molar-refractivity contribution >= 4 is 5.97 Å². The number of carbonyl (C=O) groups is 1. The Balaban J connectivity index is 2.40. The molecule has 0 amide bonds. The summed E-state index contributed by atoms with van der Waals surface area (Å²) >= 11 is 0. The summed E-state index contributed by atoms with van der Waals surface area (Å²) in [5.74, 6) is -0.0116. The van der Waals surface area contributed by atoms with Gasteiger partial charge >= 0.3 is 5.97 Å². The van der Waals surface area contributed by atoms with Crippen molar-refractivity contribution in [1.29, 1.82) is 0 Å². The molecule has 0 aliphatic carbocycles. The topological polar surface area (TPSA) is 74.4 Å². The zero-order valence-electron chi connectivity index (χ0n) is 8.60. The van der Waals surface area contributed by atoms with Crippen LogP contribution in [0.15, 0.2) is 18.3 Å². The van der Waals surface area contributed by atoms with Crippen LogP contribution in [0.3, 0.4) is 0 Å². The molecule has 1 rings (SSSR count). The van der Waals surface area contributed by atoms with E-state index in [0.29, 0.717) is 19.0 Å². The lowest BCUT2D eigenvalue weighted by Gasteiger charge is -2.04. The van der Waals surface area contributed by atoms with Gasteiger partial charge in [0, 0.05) is 18.8 Å². The van der Waals surface area contributed by atoms with E-state index in [2.05, 4.69) is 4.98 Å². The molecule has 0 saturated carbocycles. The number of hydrogen-bond donors (Lipinski definition) is 1. The molecule has 5 nitrogen and oxygen atoms in total. The van der Waals surface area contributed by atoms with Crippen molar-refractivity contribution in [2.75, 3.05) is 13.2 Å². The molecule has 1 heterocycles. The van der Waals surface area contributed by atoms with Gasteiger partial charge in [0.1, 0.15) is 0 Å². The summed E-state index contributed by atoms with van der Waals surface area (Å²) < 4.78 is 9.79. The van der Waals surface area contributed by atoms with Crippen molar-refractivity contribution in [3.63, 3.8) is 0 Å². The largest absolute Gasteiger partial charge is 0.466 e. The Hall–Kier alpha value is -1.62. The number of pyridine rings is 1. The summed E-state index contributed by atoms with van der Waals surface area (Å²) in [6.45, 7) is 2.40. The van der Waals surface area contributed by atoms with E-state index in [4.69, 9.17) is 15.2 Å². The predicted octanol–water partition coefficient (Wildman–Crippen LogP) is 0.482. The zero-order valence-corrected chi connectivity index (χ0v) is 8.60. The van der Waals surface area contributed by atoms with Crippen molar-refractivity contribution < 1.29 is 14.3 Å². The average molecular weight is 210 g/mol. The quantitative estimate of drug-likeness (QED) is 0.715. The van der Waals surface area contributed by atoms with Crippen LogP contribution in [-0.2, 0) is 16.1 Å². The standard InChI is InChI=1S/C10H14N2O3/c1-2-14-10(13)7-15-9-4-3-8(5-11)6-12-9/h3-4,6H,2,5,7,11H2,1H3. The van der Waals surface area contributed by atoms with Crippen LogP contribution in [0.1, 0.15) is 12.5 Å². The predicted molar refractivity (Wildman–Crippen MR) is 54.3 cm³/mol. The molecule has 0 aromatic carbocycles. The van der Waals surface area contributed by atoms with E-state index >= 15 is 0 Å². The third-order valence-corrected chi connectivity index (χ3v) is 1.68. The summed E-state index contributed by atoms with van der Waals surface area (Å²) in [5.41, 5.74) is 6.32. The first-order chi connectivity index (χ1) is 7.26. The van der Waals surface area contributed by atoms with Gasteiger partial charge in [-0.1, -0.05) is 6.07 Å². The average Bonchev–Trinajstić information content (AvgIpc) is 2.27. The lowest BCUT2D eigenvalue weighted by molar-refractivity contribution is -0.145. The van der Waals surface area contributed by atoms with Gasteiger partial charge in [-0.05, 0) is 12.5 Å². The molecule has 0 aliphatic rings. The maximum atomic E-state index is 10.9. The van der Waals surface area contributed by atoms with Crippen LogP contribution in [-0.4, -0.2) is 24.2 Å². The zero-order chi connectivity index (χ0) is 11.1. The van der Waals surface area contributed by atoms with E-state index < -0.39 is 5.97 Å². The summed E-state index contributed by atoms with van der Waals surface area (Å²) in [6, 6.07) is 3.47. The summed E-state index contributed by atoms with van der Waals surface area (Å²) in [4.78, 5) is 14.9. The number of nitrogens with zero attached hydrogens (tertiary/aromatic N) is 1. The SMILES string of the molecule is CCOC(=O)COc1ccc(CN)cn1. The van der Waals surface area contributed by atoms with Gasteiger partial charge < -0.3 is 15.2 Å². The summed E-state index contributed by atoms with van der Waals surface area (Å²) in [5, 5.41) is 0. The molecular formula is C10H14N2O3. The maximum Gasteiger partial charge on any atom is 0.344 e. The first-order valence-corrected chi connectivity index (χ1v) is 4.69. The number of rotatable bonds is 5. The van der Waals surface area contributed by atoms with Crippen molar-refractivity contribution in [3.8, 4) is 5.88 Å². The van der Waals surface area contributed by atoms with Crippen molar-refractivity contribution in [2.45, 2.75) is 13.5 Å². The molecule has 0 atom stereocenters. The number of nitrogens with two attached hydrogens (primary N) is 1. The lowest BCUT2D eigenvalue weighted by atomic mass is 10.3. The number of hydrogen-bond acceptors (Lipinski definition) is 5. The molecule has 0 spiro atoms. The normalized spacial score (nSPS) is 9.73. The lowest BCUT2D eigenvalue weighted by Crippen LogP contribution is -2.15. The number of carbonyl (C=O) groups excluding carboxylic acids is 1. The Morgan fingerprint density at radius 2 is 2.33 bits per heavy atom. The fraction of sp³-hybridized carbons (Fsp3) is 0.400. The number of esters is 1. The molecule has 82 valence electrons. The smallest absolute Gasteiger partial charge is 0.344 e. The Labute approximate surface area is 88.2 Å². The number of aromatic nitrogens is 1. The van der Waals surface area contributed by atoms with E-state index in [1.807, 2.05) is 0 Å². The minimum atomic E-state index is -0.401. The van der Waals surface area contributed by atoms with Crippen LogP contribution in [0.25, 0.3) is 0 Å². The van der Waals surface area contributed by atoms with Crippen LogP contribution < -0.4 is 10.5 Å². The van der Waals surface area contributed by atoms with Crippen LogP contribution in [0.2, 0.25) is 0 Å². The maximum absolute atomic E-state index is 10.9.